The lowest BCUT2D eigenvalue weighted by Crippen LogP contribution is -2.36. The maximum atomic E-state index is 12.0. The molecular weight excluding hydrogens is 326 g/mol. The van der Waals surface area contributed by atoms with Crippen molar-refractivity contribution < 1.29 is 14.3 Å². The Balaban J connectivity index is 1.81. The van der Waals surface area contributed by atoms with Crippen LogP contribution < -0.4 is 5.32 Å². The summed E-state index contributed by atoms with van der Waals surface area (Å²) in [6.07, 6.45) is 0.893. The molecule has 1 amide bonds. The molecule has 7 heteroatoms. The van der Waals surface area contributed by atoms with Gasteiger partial charge in [0.05, 0.1) is 29.9 Å². The fourth-order valence-corrected chi connectivity index (χ4v) is 3.32. The van der Waals surface area contributed by atoms with Gasteiger partial charge < -0.3 is 10.1 Å². The molecule has 0 radical (unpaired) electrons. The molecule has 0 spiro atoms. The average Bonchev–Trinajstić information content (AvgIpc) is 3.01. The number of esters is 1. The van der Waals surface area contributed by atoms with Crippen LogP contribution in [0.4, 0.5) is 0 Å². The number of thiazole rings is 1. The summed E-state index contributed by atoms with van der Waals surface area (Å²) in [6, 6.07) is 8.08. The van der Waals surface area contributed by atoms with E-state index in [-0.39, 0.29) is 24.5 Å². The number of benzene rings is 1. The number of fused-ring (bicyclic) bond motifs is 1. The van der Waals surface area contributed by atoms with Crippen LogP contribution in [0.25, 0.3) is 10.2 Å². The van der Waals surface area contributed by atoms with Gasteiger partial charge in [0.15, 0.2) is 0 Å². The minimum Gasteiger partial charge on any atom is -0.469 e. The molecule has 1 atom stereocenters. The van der Waals surface area contributed by atoms with Crippen molar-refractivity contribution in [2.24, 2.45) is 0 Å². The number of nitrogens with zero attached hydrogens (tertiary/aromatic N) is 2. The summed E-state index contributed by atoms with van der Waals surface area (Å²) < 4.78 is 5.71. The number of aromatic nitrogens is 1. The van der Waals surface area contributed by atoms with Crippen molar-refractivity contribution in [2.45, 2.75) is 25.8 Å². The Kier molecular flexibility index (Phi) is 6.69. The highest BCUT2D eigenvalue weighted by molar-refractivity contribution is 7.18. The number of para-hydroxylation sites is 1. The summed E-state index contributed by atoms with van der Waals surface area (Å²) in [5, 5.41) is 3.82. The lowest BCUT2D eigenvalue weighted by Gasteiger charge is -2.22. The average molecular weight is 349 g/mol. The fraction of sp³-hybridized carbons (Fsp3) is 0.471. The topological polar surface area (TPSA) is 71.5 Å². The Labute approximate surface area is 145 Å². The van der Waals surface area contributed by atoms with E-state index in [4.69, 9.17) is 0 Å². The second-order valence-corrected chi connectivity index (χ2v) is 6.70. The maximum Gasteiger partial charge on any atom is 0.305 e. The van der Waals surface area contributed by atoms with Gasteiger partial charge in [0.25, 0.3) is 0 Å². The molecular formula is C17H23N3O3S. The van der Waals surface area contributed by atoms with Crippen LogP contribution in [-0.2, 0) is 14.3 Å². The van der Waals surface area contributed by atoms with E-state index in [9.17, 15) is 9.59 Å². The summed E-state index contributed by atoms with van der Waals surface area (Å²) in [7, 11) is 3.27. The van der Waals surface area contributed by atoms with Crippen molar-refractivity contribution in [3.05, 3.63) is 29.3 Å². The van der Waals surface area contributed by atoms with Crippen molar-refractivity contribution in [3.8, 4) is 0 Å². The van der Waals surface area contributed by atoms with Gasteiger partial charge in [0.2, 0.25) is 5.91 Å². The van der Waals surface area contributed by atoms with Crippen LogP contribution in [0.1, 0.15) is 30.8 Å². The largest absolute Gasteiger partial charge is 0.469 e. The Morgan fingerprint density at radius 3 is 2.83 bits per heavy atom. The smallest absolute Gasteiger partial charge is 0.305 e. The van der Waals surface area contributed by atoms with Crippen molar-refractivity contribution in [1.82, 2.24) is 15.2 Å². The second kappa shape index (κ2) is 8.75. The van der Waals surface area contributed by atoms with Gasteiger partial charge in [-0.2, -0.15) is 0 Å². The number of likely N-dealkylation sites (N-methyl/N-ethyl adjacent to an activating group) is 1. The predicted molar refractivity (Wildman–Crippen MR) is 94.9 cm³/mol. The molecule has 1 aromatic carbocycles. The van der Waals surface area contributed by atoms with Gasteiger partial charge in [-0.25, -0.2) is 4.98 Å². The molecule has 1 heterocycles. The molecule has 0 saturated heterocycles. The van der Waals surface area contributed by atoms with Crippen LogP contribution in [0, 0.1) is 0 Å². The number of methoxy groups -OCH3 is 1. The second-order valence-electron chi connectivity index (χ2n) is 5.64. The number of hydrogen-bond acceptors (Lipinski definition) is 6. The molecule has 0 aliphatic rings. The van der Waals surface area contributed by atoms with Gasteiger partial charge in [-0.05, 0) is 32.5 Å². The van der Waals surface area contributed by atoms with Crippen LogP contribution in [0.3, 0.4) is 0 Å². The number of amides is 1. The molecule has 0 fully saturated rings. The van der Waals surface area contributed by atoms with Gasteiger partial charge >= 0.3 is 5.97 Å². The molecule has 6 nitrogen and oxygen atoms in total. The Morgan fingerprint density at radius 1 is 1.38 bits per heavy atom. The number of nitrogens with one attached hydrogen (secondary N) is 1. The van der Waals surface area contributed by atoms with Crippen LogP contribution in [0.15, 0.2) is 24.3 Å². The molecule has 0 aliphatic carbocycles. The number of ether oxygens (including phenoxy) is 1. The van der Waals surface area contributed by atoms with E-state index in [2.05, 4.69) is 21.1 Å². The Hall–Kier alpha value is -1.99. The fourth-order valence-electron chi connectivity index (χ4n) is 2.24. The number of carbonyl (C=O) groups is 2. The first-order valence-corrected chi connectivity index (χ1v) is 8.72. The first-order chi connectivity index (χ1) is 11.5. The van der Waals surface area contributed by atoms with Crippen LogP contribution in [0.2, 0.25) is 0 Å². The molecule has 1 aromatic heterocycles. The van der Waals surface area contributed by atoms with Gasteiger partial charge in [0.1, 0.15) is 5.01 Å². The summed E-state index contributed by atoms with van der Waals surface area (Å²) >= 11 is 1.65. The quantitative estimate of drug-likeness (QED) is 0.585. The highest BCUT2D eigenvalue weighted by Gasteiger charge is 2.18. The summed E-state index contributed by atoms with van der Waals surface area (Å²) in [6.45, 7) is 2.80. The maximum absolute atomic E-state index is 12.0. The zero-order chi connectivity index (χ0) is 17.5. The molecule has 130 valence electrons. The van der Waals surface area contributed by atoms with Gasteiger partial charge in [-0.1, -0.05) is 12.1 Å². The standard InChI is InChI=1S/C17H23N3O3S/c1-12(17-19-13-7-4-5-8-14(13)24-17)20(2)11-15(21)18-10-6-9-16(22)23-3/h4-5,7-8,12H,6,9-11H2,1-3H3,(H,18,21)/t12-/m0/s1. The highest BCUT2D eigenvalue weighted by Crippen LogP contribution is 2.28. The number of rotatable bonds is 8. The minimum atomic E-state index is -0.258. The Morgan fingerprint density at radius 2 is 2.12 bits per heavy atom. The molecule has 2 aromatic rings. The molecule has 24 heavy (non-hydrogen) atoms. The molecule has 0 bridgehead atoms. The van der Waals surface area contributed by atoms with E-state index in [1.807, 2.05) is 37.1 Å². The number of carbonyl (C=O) groups excluding carboxylic acids is 2. The van der Waals surface area contributed by atoms with Crippen molar-refractivity contribution in [1.29, 1.82) is 0 Å². The van der Waals surface area contributed by atoms with Crippen molar-refractivity contribution in [2.75, 3.05) is 27.2 Å². The monoisotopic (exact) mass is 349 g/mol. The van der Waals surface area contributed by atoms with E-state index >= 15 is 0 Å². The Bertz CT molecular complexity index is 668. The lowest BCUT2D eigenvalue weighted by atomic mass is 10.3. The zero-order valence-electron chi connectivity index (χ0n) is 14.2. The molecule has 0 unspecified atom stereocenters. The molecule has 0 saturated carbocycles. The third-order valence-electron chi connectivity index (χ3n) is 3.83. The normalized spacial score (nSPS) is 12.3. The van der Waals surface area contributed by atoms with E-state index in [0.717, 1.165) is 15.2 Å². The van der Waals surface area contributed by atoms with Crippen molar-refractivity contribution in [3.63, 3.8) is 0 Å². The minimum absolute atomic E-state index is 0.0585. The van der Waals surface area contributed by atoms with Crippen LogP contribution >= 0.6 is 11.3 Å². The SMILES string of the molecule is COC(=O)CCCNC(=O)CN(C)[C@@H](C)c1nc2ccccc2s1. The number of hydrogen-bond donors (Lipinski definition) is 1. The third kappa shape index (κ3) is 5.01. The van der Waals surface area contributed by atoms with Crippen molar-refractivity contribution >= 4 is 33.4 Å². The zero-order valence-corrected chi connectivity index (χ0v) is 15.1. The van der Waals surface area contributed by atoms with Gasteiger partial charge in [-0.15, -0.1) is 11.3 Å². The third-order valence-corrected chi connectivity index (χ3v) is 5.04. The van der Waals surface area contributed by atoms with Gasteiger partial charge in [0, 0.05) is 13.0 Å². The summed E-state index contributed by atoms with van der Waals surface area (Å²) in [4.78, 5) is 29.6. The predicted octanol–water partition coefficient (Wildman–Crippen LogP) is 2.36. The van der Waals surface area contributed by atoms with Crippen LogP contribution in [0.5, 0.6) is 0 Å². The molecule has 0 aliphatic heterocycles. The van der Waals surface area contributed by atoms with E-state index in [1.54, 1.807) is 11.3 Å². The molecule has 2 rings (SSSR count). The summed E-state index contributed by atoms with van der Waals surface area (Å²) in [5.41, 5.74) is 0.991. The van der Waals surface area contributed by atoms with Crippen LogP contribution in [-0.4, -0.2) is 49.0 Å². The molecule has 1 N–H and O–H groups in total. The lowest BCUT2D eigenvalue weighted by molar-refractivity contribution is -0.140. The highest BCUT2D eigenvalue weighted by atomic mass is 32.1. The summed E-state index contributed by atoms with van der Waals surface area (Å²) in [5.74, 6) is -0.318. The first-order valence-electron chi connectivity index (χ1n) is 7.90. The van der Waals surface area contributed by atoms with Gasteiger partial charge in [-0.3, -0.25) is 14.5 Å². The van der Waals surface area contributed by atoms with E-state index in [0.29, 0.717) is 19.4 Å². The van der Waals surface area contributed by atoms with E-state index in [1.165, 1.54) is 7.11 Å². The van der Waals surface area contributed by atoms with E-state index < -0.39 is 0 Å². The first kappa shape index (κ1) is 18.4.